The number of nitrogens with one attached hydrogen (secondary N) is 2. The van der Waals surface area contributed by atoms with Gasteiger partial charge in [-0.25, -0.2) is 0 Å². The largest absolute Gasteiger partial charge is 0.380 e. The van der Waals surface area contributed by atoms with E-state index in [0.717, 1.165) is 11.3 Å². The summed E-state index contributed by atoms with van der Waals surface area (Å²) in [4.78, 5) is 0. The molecule has 74 valence electrons. The molecule has 0 bridgehead atoms. The average molecular weight is 198 g/mol. The highest BCUT2D eigenvalue weighted by Crippen LogP contribution is 2.14. The summed E-state index contributed by atoms with van der Waals surface area (Å²) in [6.45, 7) is 0.662. The number of aromatic nitrogens is 2. The van der Waals surface area contributed by atoms with Crippen molar-refractivity contribution in [3.05, 3.63) is 47.8 Å². The van der Waals surface area contributed by atoms with Crippen LogP contribution in [0.4, 0.5) is 5.69 Å². The predicted octanol–water partition coefficient (Wildman–Crippen LogP) is 1.89. The molecule has 2 N–H and O–H groups in total. The normalized spacial score (nSPS) is 9.53. The second-order valence-electron chi connectivity index (χ2n) is 3.12. The van der Waals surface area contributed by atoms with Gasteiger partial charge >= 0.3 is 0 Å². The van der Waals surface area contributed by atoms with E-state index in [-0.39, 0.29) is 0 Å². The molecule has 0 unspecified atom stereocenters. The summed E-state index contributed by atoms with van der Waals surface area (Å²) in [5, 5.41) is 18.6. The lowest BCUT2D eigenvalue weighted by Crippen LogP contribution is -1.99. The van der Waals surface area contributed by atoms with Gasteiger partial charge in [-0.3, -0.25) is 5.10 Å². The number of rotatable bonds is 3. The van der Waals surface area contributed by atoms with Gasteiger partial charge in [-0.1, -0.05) is 12.1 Å². The van der Waals surface area contributed by atoms with Crippen LogP contribution in [-0.4, -0.2) is 10.2 Å². The smallest absolute Gasteiger partial charge is 0.101 e. The zero-order valence-corrected chi connectivity index (χ0v) is 8.07. The molecule has 0 atom stereocenters. The molecule has 1 aromatic carbocycles. The van der Waals surface area contributed by atoms with Gasteiger partial charge in [-0.2, -0.15) is 10.4 Å². The number of hydrogen-bond donors (Lipinski definition) is 2. The topological polar surface area (TPSA) is 64.5 Å². The quantitative estimate of drug-likeness (QED) is 0.791. The van der Waals surface area contributed by atoms with Crippen LogP contribution < -0.4 is 5.32 Å². The van der Waals surface area contributed by atoms with Crippen molar-refractivity contribution in [3.63, 3.8) is 0 Å². The van der Waals surface area contributed by atoms with Crippen molar-refractivity contribution < 1.29 is 0 Å². The number of nitriles is 1. The first kappa shape index (κ1) is 9.28. The van der Waals surface area contributed by atoms with E-state index in [0.29, 0.717) is 12.1 Å². The molecule has 0 aliphatic heterocycles. The fraction of sp³-hybridized carbons (Fsp3) is 0.0909. The number of benzene rings is 1. The minimum Gasteiger partial charge on any atom is -0.380 e. The molecule has 1 aromatic heterocycles. The Hall–Kier alpha value is -2.28. The molecule has 0 radical (unpaired) electrons. The van der Waals surface area contributed by atoms with E-state index in [1.165, 1.54) is 0 Å². The van der Waals surface area contributed by atoms with E-state index >= 15 is 0 Å². The van der Waals surface area contributed by atoms with E-state index in [9.17, 15) is 0 Å². The molecule has 2 aromatic rings. The van der Waals surface area contributed by atoms with Crippen molar-refractivity contribution in [2.45, 2.75) is 6.54 Å². The predicted molar refractivity (Wildman–Crippen MR) is 57.1 cm³/mol. The minimum atomic E-state index is 0.654. The molecule has 0 fully saturated rings. The molecule has 0 saturated carbocycles. The second kappa shape index (κ2) is 4.29. The Morgan fingerprint density at radius 3 is 3.00 bits per heavy atom. The van der Waals surface area contributed by atoms with Gasteiger partial charge in [0.25, 0.3) is 0 Å². The molecule has 0 spiro atoms. The Labute approximate surface area is 87.6 Å². The van der Waals surface area contributed by atoms with Crippen LogP contribution in [0.2, 0.25) is 0 Å². The van der Waals surface area contributed by atoms with E-state index in [4.69, 9.17) is 5.26 Å². The van der Waals surface area contributed by atoms with Crippen molar-refractivity contribution >= 4 is 5.69 Å². The van der Waals surface area contributed by atoms with Crippen molar-refractivity contribution in [2.24, 2.45) is 0 Å². The highest BCUT2D eigenvalue weighted by molar-refractivity contribution is 5.57. The zero-order valence-electron chi connectivity index (χ0n) is 8.07. The lowest BCUT2D eigenvalue weighted by molar-refractivity contribution is 1.09. The first-order chi connectivity index (χ1) is 7.40. The fourth-order valence-corrected chi connectivity index (χ4v) is 1.31. The van der Waals surface area contributed by atoms with Crippen LogP contribution in [0, 0.1) is 11.3 Å². The maximum atomic E-state index is 8.87. The van der Waals surface area contributed by atoms with Gasteiger partial charge in [0, 0.05) is 18.3 Å². The van der Waals surface area contributed by atoms with E-state index in [2.05, 4.69) is 21.6 Å². The molecule has 4 nitrogen and oxygen atoms in total. The van der Waals surface area contributed by atoms with Crippen LogP contribution in [0.3, 0.4) is 0 Å². The maximum absolute atomic E-state index is 8.87. The molecule has 1 heterocycles. The van der Waals surface area contributed by atoms with Gasteiger partial charge < -0.3 is 5.32 Å². The van der Waals surface area contributed by atoms with Crippen LogP contribution in [0.25, 0.3) is 0 Å². The van der Waals surface area contributed by atoms with Gasteiger partial charge in [0.15, 0.2) is 0 Å². The minimum absolute atomic E-state index is 0.654. The summed E-state index contributed by atoms with van der Waals surface area (Å²) in [6, 6.07) is 9.57. The van der Waals surface area contributed by atoms with Crippen LogP contribution in [0.5, 0.6) is 0 Å². The summed E-state index contributed by atoms with van der Waals surface area (Å²) < 4.78 is 0. The number of anilines is 1. The summed E-state index contributed by atoms with van der Waals surface area (Å²) in [7, 11) is 0. The Kier molecular flexibility index (Phi) is 2.65. The average Bonchev–Trinajstić information content (AvgIpc) is 2.79. The van der Waals surface area contributed by atoms with Crippen LogP contribution in [0.15, 0.2) is 36.7 Å². The van der Waals surface area contributed by atoms with Crippen molar-refractivity contribution in [1.82, 2.24) is 10.2 Å². The standard InChI is InChI=1S/C11H10N4/c12-5-10-3-1-2-4-11(10)13-6-9-7-14-15-8-9/h1-4,7-8,13H,6H2,(H,14,15). The lowest BCUT2D eigenvalue weighted by Gasteiger charge is -2.05. The Morgan fingerprint density at radius 1 is 1.40 bits per heavy atom. The Morgan fingerprint density at radius 2 is 2.27 bits per heavy atom. The molecule has 15 heavy (non-hydrogen) atoms. The first-order valence-corrected chi connectivity index (χ1v) is 4.61. The monoisotopic (exact) mass is 198 g/mol. The third-order valence-electron chi connectivity index (χ3n) is 2.09. The SMILES string of the molecule is N#Cc1ccccc1NCc1cn[nH]c1. The molecule has 0 saturated heterocycles. The number of hydrogen-bond acceptors (Lipinski definition) is 3. The van der Waals surface area contributed by atoms with Gasteiger partial charge in [-0.15, -0.1) is 0 Å². The number of nitrogens with zero attached hydrogens (tertiary/aromatic N) is 2. The van der Waals surface area contributed by atoms with E-state index in [1.54, 1.807) is 12.3 Å². The molecule has 4 heteroatoms. The third kappa shape index (κ3) is 2.15. The highest BCUT2D eigenvalue weighted by atomic mass is 15.1. The van der Waals surface area contributed by atoms with Crippen LogP contribution >= 0.6 is 0 Å². The highest BCUT2D eigenvalue weighted by Gasteiger charge is 1.99. The molecule has 0 aliphatic rings. The van der Waals surface area contributed by atoms with Gasteiger partial charge in [0.05, 0.1) is 17.4 Å². The summed E-state index contributed by atoms with van der Waals surface area (Å²) in [5.74, 6) is 0. The van der Waals surface area contributed by atoms with Crippen molar-refractivity contribution in [3.8, 4) is 6.07 Å². The van der Waals surface area contributed by atoms with Gasteiger partial charge in [-0.05, 0) is 12.1 Å². The second-order valence-corrected chi connectivity index (χ2v) is 3.12. The van der Waals surface area contributed by atoms with Crippen LogP contribution in [-0.2, 0) is 6.54 Å². The molecule has 2 rings (SSSR count). The van der Waals surface area contributed by atoms with Crippen LogP contribution in [0.1, 0.15) is 11.1 Å². The Bertz CT molecular complexity index is 468. The van der Waals surface area contributed by atoms with Crippen molar-refractivity contribution in [2.75, 3.05) is 5.32 Å². The van der Waals surface area contributed by atoms with E-state index < -0.39 is 0 Å². The van der Waals surface area contributed by atoms with Crippen molar-refractivity contribution in [1.29, 1.82) is 5.26 Å². The number of para-hydroxylation sites is 1. The first-order valence-electron chi connectivity index (χ1n) is 4.61. The number of aromatic amines is 1. The summed E-state index contributed by atoms with van der Waals surface area (Å²) in [5.41, 5.74) is 2.56. The molecule has 0 amide bonds. The summed E-state index contributed by atoms with van der Waals surface area (Å²) >= 11 is 0. The van der Waals surface area contributed by atoms with Gasteiger partial charge in [0.1, 0.15) is 6.07 Å². The summed E-state index contributed by atoms with van der Waals surface area (Å²) in [6.07, 6.45) is 3.57. The maximum Gasteiger partial charge on any atom is 0.101 e. The third-order valence-corrected chi connectivity index (χ3v) is 2.09. The fourth-order valence-electron chi connectivity index (χ4n) is 1.31. The Balaban J connectivity index is 2.08. The van der Waals surface area contributed by atoms with E-state index in [1.807, 2.05) is 24.4 Å². The molecular weight excluding hydrogens is 188 g/mol. The molecule has 0 aliphatic carbocycles. The molecular formula is C11H10N4. The number of H-pyrrole nitrogens is 1. The van der Waals surface area contributed by atoms with Gasteiger partial charge in [0.2, 0.25) is 0 Å². The zero-order chi connectivity index (χ0) is 10.5. The lowest BCUT2D eigenvalue weighted by atomic mass is 10.2.